The van der Waals surface area contributed by atoms with Gasteiger partial charge in [-0.1, -0.05) is 0 Å². The number of amides is 1. The lowest BCUT2D eigenvalue weighted by atomic mass is 10.1. The molecule has 1 rings (SSSR count). The van der Waals surface area contributed by atoms with Gasteiger partial charge in [-0.3, -0.25) is 4.79 Å². The van der Waals surface area contributed by atoms with Crippen LogP contribution in [0.15, 0.2) is 0 Å². The largest absolute Gasteiger partial charge is 0.426 e. The fourth-order valence-electron chi connectivity index (χ4n) is 1.56. The number of esters is 1. The van der Waals surface area contributed by atoms with E-state index in [1.807, 2.05) is 0 Å². The van der Waals surface area contributed by atoms with Gasteiger partial charge in [0, 0.05) is 33.0 Å². The number of rotatable bonds is 2. The van der Waals surface area contributed by atoms with Gasteiger partial charge in [0.1, 0.15) is 0 Å². The topological polar surface area (TPSA) is 81.9 Å². The van der Waals surface area contributed by atoms with Crippen LogP contribution in [0, 0.1) is 0 Å². The summed E-state index contributed by atoms with van der Waals surface area (Å²) in [6.07, 6.45) is 0.245. The highest BCUT2D eigenvalue weighted by Crippen LogP contribution is 2.10. The molecule has 0 saturated carbocycles. The van der Waals surface area contributed by atoms with Crippen molar-refractivity contribution in [2.75, 3.05) is 13.1 Å². The second kappa shape index (κ2) is 5.69. The SMILES string of the molecule is CC(=O)OC(C)OC(=O)N1CCC(N)CC1. The van der Waals surface area contributed by atoms with E-state index in [-0.39, 0.29) is 6.04 Å². The molecule has 1 aliphatic heterocycles. The third-order valence-electron chi connectivity index (χ3n) is 2.40. The predicted octanol–water partition coefficient (Wildman–Crippen LogP) is 0.455. The van der Waals surface area contributed by atoms with E-state index in [1.54, 1.807) is 4.90 Å². The van der Waals surface area contributed by atoms with Crippen molar-refractivity contribution in [3.8, 4) is 0 Å². The maximum absolute atomic E-state index is 11.6. The number of carbonyl (C=O) groups is 2. The van der Waals surface area contributed by atoms with Crippen LogP contribution in [0.1, 0.15) is 26.7 Å². The number of hydrogen-bond acceptors (Lipinski definition) is 5. The van der Waals surface area contributed by atoms with Crippen molar-refractivity contribution in [2.45, 2.75) is 39.0 Å². The highest BCUT2D eigenvalue weighted by Gasteiger charge is 2.23. The van der Waals surface area contributed by atoms with Crippen molar-refractivity contribution in [1.29, 1.82) is 0 Å². The summed E-state index contributed by atoms with van der Waals surface area (Å²) in [5.74, 6) is -0.471. The van der Waals surface area contributed by atoms with Gasteiger partial charge in [-0.2, -0.15) is 0 Å². The molecule has 0 aromatic carbocycles. The third kappa shape index (κ3) is 4.06. The fourth-order valence-corrected chi connectivity index (χ4v) is 1.56. The van der Waals surface area contributed by atoms with Gasteiger partial charge in [0.15, 0.2) is 0 Å². The van der Waals surface area contributed by atoms with E-state index in [1.165, 1.54) is 13.8 Å². The zero-order chi connectivity index (χ0) is 12.1. The van der Waals surface area contributed by atoms with Crippen LogP contribution in [0.25, 0.3) is 0 Å². The van der Waals surface area contributed by atoms with Crippen LogP contribution in [-0.2, 0) is 14.3 Å². The lowest BCUT2D eigenvalue weighted by Gasteiger charge is -2.30. The molecule has 6 nitrogen and oxygen atoms in total. The Bertz CT molecular complexity index is 262. The molecule has 92 valence electrons. The molecular formula is C10H18N2O4. The minimum absolute atomic E-state index is 0.162. The summed E-state index contributed by atoms with van der Waals surface area (Å²) in [6, 6.07) is 0.162. The number of hydrogen-bond donors (Lipinski definition) is 1. The van der Waals surface area contributed by atoms with Gasteiger partial charge in [0.05, 0.1) is 0 Å². The molecule has 0 spiro atoms. The molecule has 1 fully saturated rings. The quantitative estimate of drug-likeness (QED) is 0.550. The molecule has 1 heterocycles. The molecule has 0 aromatic rings. The summed E-state index contributed by atoms with van der Waals surface area (Å²) in [5, 5.41) is 0. The van der Waals surface area contributed by atoms with Gasteiger partial charge in [0.2, 0.25) is 6.29 Å². The molecule has 0 aliphatic carbocycles. The predicted molar refractivity (Wildman–Crippen MR) is 56.5 cm³/mol. The monoisotopic (exact) mass is 230 g/mol. The summed E-state index contributed by atoms with van der Waals surface area (Å²) in [4.78, 5) is 23.8. The van der Waals surface area contributed by atoms with E-state index in [4.69, 9.17) is 15.2 Å². The average Bonchev–Trinajstić information content (AvgIpc) is 2.16. The Balaban J connectivity index is 2.32. The zero-order valence-electron chi connectivity index (χ0n) is 9.64. The van der Waals surface area contributed by atoms with E-state index < -0.39 is 18.4 Å². The Kier molecular flexibility index (Phi) is 4.54. The molecule has 16 heavy (non-hydrogen) atoms. The first-order valence-corrected chi connectivity index (χ1v) is 5.37. The second-order valence-electron chi connectivity index (χ2n) is 3.89. The van der Waals surface area contributed by atoms with Crippen LogP contribution in [-0.4, -0.2) is 42.4 Å². The normalized spacial score (nSPS) is 19.1. The minimum Gasteiger partial charge on any atom is -0.426 e. The fraction of sp³-hybridized carbons (Fsp3) is 0.800. The first kappa shape index (κ1) is 12.8. The maximum Gasteiger partial charge on any atom is 0.412 e. The maximum atomic E-state index is 11.6. The number of nitrogens with zero attached hydrogens (tertiary/aromatic N) is 1. The van der Waals surface area contributed by atoms with Crippen molar-refractivity contribution >= 4 is 12.1 Å². The molecular weight excluding hydrogens is 212 g/mol. The van der Waals surface area contributed by atoms with Crippen LogP contribution in [0.3, 0.4) is 0 Å². The van der Waals surface area contributed by atoms with Crippen molar-refractivity contribution in [1.82, 2.24) is 4.90 Å². The lowest BCUT2D eigenvalue weighted by molar-refractivity contribution is -0.163. The summed E-state index contributed by atoms with van der Waals surface area (Å²) >= 11 is 0. The van der Waals surface area contributed by atoms with Crippen molar-refractivity contribution in [3.63, 3.8) is 0 Å². The minimum atomic E-state index is -0.847. The summed E-state index contributed by atoms with van der Waals surface area (Å²) in [6.45, 7) is 3.96. The number of nitrogens with two attached hydrogens (primary N) is 1. The van der Waals surface area contributed by atoms with Crippen LogP contribution >= 0.6 is 0 Å². The molecule has 1 atom stereocenters. The first-order chi connectivity index (χ1) is 7.49. The van der Waals surface area contributed by atoms with E-state index in [0.717, 1.165) is 12.8 Å². The number of likely N-dealkylation sites (tertiary alicyclic amines) is 1. The Hall–Kier alpha value is -1.30. The van der Waals surface area contributed by atoms with Crippen LogP contribution < -0.4 is 5.73 Å². The third-order valence-corrected chi connectivity index (χ3v) is 2.40. The van der Waals surface area contributed by atoms with Crippen molar-refractivity contribution in [3.05, 3.63) is 0 Å². The van der Waals surface area contributed by atoms with Gasteiger partial charge in [0.25, 0.3) is 0 Å². The van der Waals surface area contributed by atoms with E-state index in [9.17, 15) is 9.59 Å². The molecule has 1 unspecified atom stereocenters. The Labute approximate surface area is 94.7 Å². The standard InChI is InChI=1S/C10H18N2O4/c1-7(13)15-8(2)16-10(14)12-5-3-9(11)4-6-12/h8-9H,3-6,11H2,1-2H3. The van der Waals surface area contributed by atoms with Gasteiger partial charge < -0.3 is 20.1 Å². The van der Waals surface area contributed by atoms with E-state index >= 15 is 0 Å². The first-order valence-electron chi connectivity index (χ1n) is 5.37. The Morgan fingerprint density at radius 2 is 1.88 bits per heavy atom. The Morgan fingerprint density at radius 1 is 1.31 bits per heavy atom. The highest BCUT2D eigenvalue weighted by atomic mass is 16.7. The average molecular weight is 230 g/mol. The number of piperidine rings is 1. The van der Waals surface area contributed by atoms with Crippen molar-refractivity contribution in [2.24, 2.45) is 5.73 Å². The molecule has 1 aliphatic rings. The molecule has 1 saturated heterocycles. The molecule has 0 aromatic heterocycles. The molecule has 2 N–H and O–H groups in total. The Morgan fingerprint density at radius 3 is 2.38 bits per heavy atom. The summed E-state index contributed by atoms with van der Waals surface area (Å²) in [7, 11) is 0. The molecule has 1 amide bonds. The zero-order valence-corrected chi connectivity index (χ0v) is 9.64. The second-order valence-corrected chi connectivity index (χ2v) is 3.89. The molecule has 0 bridgehead atoms. The lowest BCUT2D eigenvalue weighted by Crippen LogP contribution is -2.44. The summed E-state index contributed by atoms with van der Waals surface area (Å²) in [5.41, 5.74) is 5.72. The molecule has 0 radical (unpaired) electrons. The molecule has 6 heteroatoms. The van der Waals surface area contributed by atoms with E-state index in [0.29, 0.717) is 13.1 Å². The van der Waals surface area contributed by atoms with Crippen molar-refractivity contribution < 1.29 is 19.1 Å². The number of ether oxygens (including phenoxy) is 2. The number of carbonyl (C=O) groups excluding carboxylic acids is 2. The van der Waals surface area contributed by atoms with Gasteiger partial charge >= 0.3 is 12.1 Å². The van der Waals surface area contributed by atoms with Crippen LogP contribution in [0.4, 0.5) is 4.79 Å². The van der Waals surface area contributed by atoms with Crippen LogP contribution in [0.5, 0.6) is 0 Å². The smallest absolute Gasteiger partial charge is 0.412 e. The van der Waals surface area contributed by atoms with Gasteiger partial charge in [-0.15, -0.1) is 0 Å². The van der Waals surface area contributed by atoms with E-state index in [2.05, 4.69) is 0 Å². The highest BCUT2D eigenvalue weighted by molar-refractivity contribution is 5.69. The summed E-state index contributed by atoms with van der Waals surface area (Å²) < 4.78 is 9.64. The van der Waals surface area contributed by atoms with Gasteiger partial charge in [-0.05, 0) is 12.8 Å². The van der Waals surface area contributed by atoms with Crippen LogP contribution in [0.2, 0.25) is 0 Å². The van der Waals surface area contributed by atoms with Gasteiger partial charge in [-0.25, -0.2) is 4.79 Å².